The lowest BCUT2D eigenvalue weighted by Crippen LogP contribution is -2.36. The topological polar surface area (TPSA) is 72.7 Å². The molecule has 0 aromatic carbocycles. The summed E-state index contributed by atoms with van der Waals surface area (Å²) >= 11 is 2.91. The molecule has 1 N–H and O–H groups in total. The number of carbonyl (C=O) groups is 1. The molecule has 0 spiro atoms. The van der Waals surface area contributed by atoms with Crippen LogP contribution in [-0.4, -0.2) is 31.1 Å². The predicted octanol–water partition coefficient (Wildman–Crippen LogP) is 3.16. The first-order valence-electron chi connectivity index (χ1n) is 8.16. The zero-order valence-corrected chi connectivity index (χ0v) is 16.1. The zero-order chi connectivity index (χ0) is 17.3. The van der Waals surface area contributed by atoms with Crippen molar-refractivity contribution in [2.75, 3.05) is 0 Å². The Balaban J connectivity index is 1.71. The Morgan fingerprint density at radius 2 is 2.29 bits per heavy atom. The number of nitrogens with zero attached hydrogens (tertiary/aromatic N) is 4. The van der Waals surface area contributed by atoms with Gasteiger partial charge < -0.3 is 5.32 Å². The molecule has 3 rings (SSSR count). The lowest BCUT2D eigenvalue weighted by atomic mass is 9.92. The first kappa shape index (κ1) is 17.4. The quantitative estimate of drug-likeness (QED) is 0.843. The third kappa shape index (κ3) is 3.64. The van der Waals surface area contributed by atoms with Crippen LogP contribution in [0.5, 0.6) is 0 Å². The first-order valence-corrected chi connectivity index (χ1v) is 9.92. The molecule has 2 aromatic heterocycles. The van der Waals surface area contributed by atoms with E-state index in [2.05, 4.69) is 46.1 Å². The summed E-state index contributed by atoms with van der Waals surface area (Å²) in [5.41, 5.74) is 4.06. The molecule has 0 unspecified atom stereocenters. The Morgan fingerprint density at radius 3 is 2.96 bits per heavy atom. The number of amides is 1. The number of rotatable bonds is 4. The molecule has 6 nitrogen and oxygen atoms in total. The van der Waals surface area contributed by atoms with E-state index in [9.17, 15) is 4.79 Å². The standard InChI is InChI=1S/C16H23N5OS2/c1-10(24-15-20-17-9-23-15)14(22)19-12-6-5-7-13-11(12)8-18-21(13)16(2,3)4/h8-10,12H,5-7H2,1-4H3,(H,19,22)/t10-,12-/m1/s1. The molecule has 1 aliphatic carbocycles. The van der Waals surface area contributed by atoms with Gasteiger partial charge in [0.1, 0.15) is 5.51 Å². The largest absolute Gasteiger partial charge is 0.348 e. The van der Waals surface area contributed by atoms with Gasteiger partial charge in [-0.15, -0.1) is 10.2 Å². The lowest BCUT2D eigenvalue weighted by molar-refractivity contribution is -0.121. The fourth-order valence-electron chi connectivity index (χ4n) is 2.99. The molecule has 2 atom stereocenters. The zero-order valence-electron chi connectivity index (χ0n) is 14.4. The number of hydrogen-bond acceptors (Lipinski definition) is 6. The van der Waals surface area contributed by atoms with Gasteiger partial charge in [0.2, 0.25) is 5.91 Å². The fraction of sp³-hybridized carbons (Fsp3) is 0.625. The van der Waals surface area contributed by atoms with Gasteiger partial charge in [-0.25, -0.2) is 0 Å². The van der Waals surface area contributed by atoms with E-state index in [0.717, 1.165) is 29.2 Å². The molecule has 0 bridgehead atoms. The Bertz CT molecular complexity index is 705. The van der Waals surface area contributed by atoms with Gasteiger partial charge in [-0.1, -0.05) is 23.1 Å². The number of hydrogen-bond donors (Lipinski definition) is 1. The molecule has 8 heteroatoms. The van der Waals surface area contributed by atoms with Crippen molar-refractivity contribution in [1.82, 2.24) is 25.3 Å². The molecular weight excluding hydrogens is 342 g/mol. The minimum Gasteiger partial charge on any atom is -0.348 e. The minimum atomic E-state index is -0.194. The van der Waals surface area contributed by atoms with Crippen molar-refractivity contribution in [2.45, 2.75) is 68.1 Å². The van der Waals surface area contributed by atoms with E-state index in [1.54, 1.807) is 5.51 Å². The number of thioether (sulfide) groups is 1. The molecule has 130 valence electrons. The molecule has 1 amide bonds. The number of nitrogens with one attached hydrogen (secondary N) is 1. The molecule has 24 heavy (non-hydrogen) atoms. The third-order valence-corrected chi connectivity index (χ3v) is 6.03. The number of fused-ring (bicyclic) bond motifs is 1. The van der Waals surface area contributed by atoms with Crippen LogP contribution in [0.2, 0.25) is 0 Å². The van der Waals surface area contributed by atoms with Gasteiger partial charge in [0.15, 0.2) is 4.34 Å². The summed E-state index contributed by atoms with van der Waals surface area (Å²) in [7, 11) is 0. The van der Waals surface area contributed by atoms with Crippen LogP contribution in [0.25, 0.3) is 0 Å². The average molecular weight is 366 g/mol. The Kier molecular flexibility index (Phi) is 4.96. The van der Waals surface area contributed by atoms with E-state index in [1.165, 1.54) is 28.8 Å². The van der Waals surface area contributed by atoms with Crippen LogP contribution in [0.1, 0.15) is 57.8 Å². The second kappa shape index (κ2) is 6.84. The Hall–Kier alpha value is -1.41. The summed E-state index contributed by atoms with van der Waals surface area (Å²) in [6.45, 7) is 8.37. The minimum absolute atomic E-state index is 0.0385. The second-order valence-corrected chi connectivity index (χ2v) is 9.47. The molecule has 0 radical (unpaired) electrons. The lowest BCUT2D eigenvalue weighted by Gasteiger charge is -2.28. The molecule has 0 fully saturated rings. The van der Waals surface area contributed by atoms with Crippen LogP contribution < -0.4 is 5.32 Å². The molecule has 2 aromatic rings. The Labute approximate surface area is 150 Å². The van der Waals surface area contributed by atoms with Crippen LogP contribution >= 0.6 is 23.1 Å². The van der Waals surface area contributed by atoms with Crippen molar-refractivity contribution in [3.8, 4) is 0 Å². The highest BCUT2D eigenvalue weighted by Crippen LogP contribution is 2.33. The normalized spacial score (nSPS) is 18.9. The molecule has 0 aliphatic heterocycles. The summed E-state index contributed by atoms with van der Waals surface area (Å²) < 4.78 is 2.92. The summed E-state index contributed by atoms with van der Waals surface area (Å²) in [5, 5.41) is 15.4. The predicted molar refractivity (Wildman–Crippen MR) is 96.3 cm³/mol. The van der Waals surface area contributed by atoms with E-state index < -0.39 is 0 Å². The summed E-state index contributed by atoms with van der Waals surface area (Å²) in [6, 6.07) is 0.0508. The second-order valence-electron chi connectivity index (χ2n) is 7.05. The highest BCUT2D eigenvalue weighted by atomic mass is 32.2. The maximum absolute atomic E-state index is 12.5. The van der Waals surface area contributed by atoms with Crippen LogP contribution in [0, 0.1) is 0 Å². The number of aromatic nitrogens is 4. The third-order valence-electron chi connectivity index (χ3n) is 4.12. The van der Waals surface area contributed by atoms with Crippen molar-refractivity contribution in [2.24, 2.45) is 0 Å². The van der Waals surface area contributed by atoms with Gasteiger partial charge in [0.05, 0.1) is 23.0 Å². The number of carbonyl (C=O) groups excluding carboxylic acids is 1. The van der Waals surface area contributed by atoms with Crippen molar-refractivity contribution in [1.29, 1.82) is 0 Å². The molecule has 0 saturated heterocycles. The van der Waals surface area contributed by atoms with Crippen molar-refractivity contribution in [3.05, 3.63) is 23.0 Å². The molecule has 1 aliphatic rings. The monoisotopic (exact) mass is 365 g/mol. The summed E-state index contributed by atoms with van der Waals surface area (Å²) in [6.07, 6.45) is 4.98. The van der Waals surface area contributed by atoms with Crippen molar-refractivity contribution >= 4 is 29.0 Å². The van der Waals surface area contributed by atoms with Gasteiger partial charge in [-0.3, -0.25) is 9.48 Å². The molecular formula is C16H23N5OS2. The smallest absolute Gasteiger partial charge is 0.233 e. The van der Waals surface area contributed by atoms with Crippen molar-refractivity contribution in [3.63, 3.8) is 0 Å². The fourth-order valence-corrected chi connectivity index (χ4v) is 4.63. The first-order chi connectivity index (χ1) is 11.4. The SMILES string of the molecule is C[C@@H](Sc1nncs1)C(=O)N[C@@H]1CCCc2c1cnn2C(C)(C)C. The maximum Gasteiger partial charge on any atom is 0.233 e. The van der Waals surface area contributed by atoms with Gasteiger partial charge in [-0.05, 0) is 47.0 Å². The van der Waals surface area contributed by atoms with E-state index in [4.69, 9.17) is 0 Å². The molecule has 0 saturated carbocycles. The Morgan fingerprint density at radius 1 is 1.50 bits per heavy atom. The highest BCUT2D eigenvalue weighted by Gasteiger charge is 2.30. The van der Waals surface area contributed by atoms with E-state index in [-0.39, 0.29) is 22.7 Å². The van der Waals surface area contributed by atoms with Crippen molar-refractivity contribution < 1.29 is 4.79 Å². The van der Waals surface area contributed by atoms with Crippen LogP contribution in [-0.2, 0) is 16.8 Å². The summed E-state index contributed by atoms with van der Waals surface area (Å²) in [5.74, 6) is 0.0385. The van der Waals surface area contributed by atoms with Gasteiger partial charge in [0, 0.05) is 11.3 Å². The van der Waals surface area contributed by atoms with Gasteiger partial charge in [-0.2, -0.15) is 5.10 Å². The van der Waals surface area contributed by atoms with Crippen LogP contribution in [0.3, 0.4) is 0 Å². The summed E-state index contributed by atoms with van der Waals surface area (Å²) in [4.78, 5) is 12.5. The van der Waals surface area contributed by atoms with Crippen LogP contribution in [0.15, 0.2) is 16.0 Å². The van der Waals surface area contributed by atoms with Gasteiger partial charge in [0.25, 0.3) is 0 Å². The maximum atomic E-state index is 12.5. The van der Waals surface area contributed by atoms with E-state index >= 15 is 0 Å². The van der Waals surface area contributed by atoms with E-state index in [0.29, 0.717) is 0 Å². The van der Waals surface area contributed by atoms with E-state index in [1.807, 2.05) is 13.1 Å². The molecule has 2 heterocycles. The van der Waals surface area contributed by atoms with Crippen LogP contribution in [0.4, 0.5) is 0 Å². The van der Waals surface area contributed by atoms with Gasteiger partial charge >= 0.3 is 0 Å². The highest BCUT2D eigenvalue weighted by molar-refractivity contribution is 8.02. The average Bonchev–Trinajstić information content (AvgIpc) is 3.15.